The summed E-state index contributed by atoms with van der Waals surface area (Å²) in [6, 6.07) is 6.32. The molecule has 1 aliphatic rings. The van der Waals surface area contributed by atoms with Gasteiger partial charge in [-0.25, -0.2) is 4.79 Å². The number of hydrogen-bond donors (Lipinski definition) is 0. The molecule has 1 atom stereocenters. The maximum atomic E-state index is 12.9. The Kier molecular flexibility index (Phi) is 6.57. The van der Waals surface area contributed by atoms with Crippen molar-refractivity contribution >= 4 is 23.5 Å². The number of rotatable bonds is 5. The van der Waals surface area contributed by atoms with Crippen LogP contribution in [0, 0.1) is 0 Å². The summed E-state index contributed by atoms with van der Waals surface area (Å²) in [6.07, 6.45) is 0. The molecule has 2 amide bonds. The number of methoxy groups -OCH3 is 2. The van der Waals surface area contributed by atoms with Gasteiger partial charge in [0.25, 0.3) is 5.91 Å². The number of hydrogen-bond acceptors (Lipinski definition) is 6. The normalized spacial score (nSPS) is 17.0. The summed E-state index contributed by atoms with van der Waals surface area (Å²) in [6.45, 7) is 0.630. The number of anilines is 1. The smallest absolute Gasteiger partial charge is 0.330 e. The molecular formula is C18H25N3O5. The second-order valence-corrected chi connectivity index (χ2v) is 6.25. The highest BCUT2D eigenvalue weighted by atomic mass is 16.5. The van der Waals surface area contributed by atoms with E-state index in [1.54, 1.807) is 12.1 Å². The van der Waals surface area contributed by atoms with Crippen molar-refractivity contribution in [3.8, 4) is 0 Å². The molecule has 0 spiro atoms. The quantitative estimate of drug-likeness (QED) is 0.697. The maximum absolute atomic E-state index is 12.9. The minimum Gasteiger partial charge on any atom is -0.467 e. The molecule has 1 heterocycles. The molecule has 0 saturated carbocycles. The molecule has 1 fully saturated rings. The van der Waals surface area contributed by atoms with E-state index in [9.17, 15) is 14.4 Å². The van der Waals surface area contributed by atoms with Crippen molar-refractivity contribution in [2.45, 2.75) is 6.04 Å². The number of carbonyl (C=O) groups excluding carboxylic acids is 3. The van der Waals surface area contributed by atoms with Gasteiger partial charge in [0.1, 0.15) is 12.6 Å². The van der Waals surface area contributed by atoms with Crippen LogP contribution in [0.1, 0.15) is 10.4 Å². The van der Waals surface area contributed by atoms with Crippen LogP contribution in [-0.4, -0.2) is 88.2 Å². The van der Waals surface area contributed by atoms with Crippen LogP contribution in [0.15, 0.2) is 24.3 Å². The van der Waals surface area contributed by atoms with Gasteiger partial charge in [-0.05, 0) is 24.3 Å². The lowest BCUT2D eigenvalue weighted by Crippen LogP contribution is -2.60. The highest BCUT2D eigenvalue weighted by Gasteiger charge is 2.37. The molecule has 26 heavy (non-hydrogen) atoms. The van der Waals surface area contributed by atoms with Crippen molar-refractivity contribution in [2.75, 3.05) is 59.5 Å². The summed E-state index contributed by atoms with van der Waals surface area (Å²) >= 11 is 0. The monoisotopic (exact) mass is 363 g/mol. The maximum Gasteiger partial charge on any atom is 0.330 e. The zero-order valence-corrected chi connectivity index (χ0v) is 15.6. The first-order valence-corrected chi connectivity index (χ1v) is 8.32. The third kappa shape index (κ3) is 4.32. The predicted octanol–water partition coefficient (Wildman–Crippen LogP) is 0.225. The lowest BCUT2D eigenvalue weighted by Gasteiger charge is -2.39. The molecule has 0 bridgehead atoms. The molecule has 0 radical (unpaired) electrons. The molecule has 1 aromatic carbocycles. The van der Waals surface area contributed by atoms with Crippen molar-refractivity contribution < 1.29 is 23.9 Å². The van der Waals surface area contributed by atoms with Gasteiger partial charge < -0.3 is 24.2 Å². The van der Waals surface area contributed by atoms with E-state index in [0.717, 1.165) is 5.69 Å². The number of amides is 2. The standard InChI is InChI=1S/C18H25N3O5/c1-19(2)14-7-5-13(6-8-14)17(23)21-10-9-20(16(22)12-25-3)11-15(21)18(24)26-4/h5-8,15H,9-12H2,1-4H3. The Hall–Kier alpha value is -2.61. The molecule has 1 saturated heterocycles. The first-order chi connectivity index (χ1) is 12.4. The molecule has 1 aliphatic heterocycles. The Morgan fingerprint density at radius 1 is 1.12 bits per heavy atom. The van der Waals surface area contributed by atoms with Crippen molar-refractivity contribution in [1.29, 1.82) is 0 Å². The van der Waals surface area contributed by atoms with Gasteiger partial charge in [0, 0.05) is 45.5 Å². The van der Waals surface area contributed by atoms with E-state index in [-0.39, 0.29) is 31.5 Å². The average Bonchev–Trinajstić information content (AvgIpc) is 2.66. The first-order valence-electron chi connectivity index (χ1n) is 8.32. The number of piperazine rings is 1. The molecule has 0 aromatic heterocycles. The Morgan fingerprint density at radius 3 is 2.31 bits per heavy atom. The van der Waals surface area contributed by atoms with Gasteiger partial charge >= 0.3 is 5.97 Å². The molecule has 0 N–H and O–H groups in total. The summed E-state index contributed by atoms with van der Waals surface area (Å²) in [5.41, 5.74) is 1.46. The fraction of sp³-hybridized carbons (Fsp3) is 0.500. The molecule has 1 aromatic rings. The van der Waals surface area contributed by atoms with Crippen LogP contribution in [0.25, 0.3) is 0 Å². The number of carbonyl (C=O) groups is 3. The Balaban J connectivity index is 2.19. The third-order valence-electron chi connectivity index (χ3n) is 4.37. The second kappa shape index (κ2) is 8.66. The molecule has 142 valence electrons. The van der Waals surface area contributed by atoms with Crippen LogP contribution < -0.4 is 4.90 Å². The summed E-state index contributed by atoms with van der Waals surface area (Å²) in [4.78, 5) is 42.0. The third-order valence-corrected chi connectivity index (χ3v) is 4.37. The molecule has 8 heteroatoms. The van der Waals surface area contributed by atoms with Crippen molar-refractivity contribution in [3.05, 3.63) is 29.8 Å². The van der Waals surface area contributed by atoms with Crippen molar-refractivity contribution in [1.82, 2.24) is 9.80 Å². The van der Waals surface area contributed by atoms with Crippen LogP contribution in [0.4, 0.5) is 5.69 Å². The van der Waals surface area contributed by atoms with Crippen LogP contribution in [0.5, 0.6) is 0 Å². The van der Waals surface area contributed by atoms with Gasteiger partial charge in [-0.15, -0.1) is 0 Å². The Labute approximate surface area is 153 Å². The van der Waals surface area contributed by atoms with E-state index in [1.807, 2.05) is 31.1 Å². The van der Waals surface area contributed by atoms with E-state index in [1.165, 1.54) is 24.0 Å². The van der Waals surface area contributed by atoms with Gasteiger partial charge in [-0.3, -0.25) is 9.59 Å². The number of benzene rings is 1. The Morgan fingerprint density at radius 2 is 1.77 bits per heavy atom. The SMILES string of the molecule is COCC(=O)N1CCN(C(=O)c2ccc(N(C)C)cc2)C(C(=O)OC)C1. The highest BCUT2D eigenvalue weighted by Crippen LogP contribution is 2.18. The lowest BCUT2D eigenvalue weighted by molar-refractivity contribution is -0.151. The van der Waals surface area contributed by atoms with Crippen LogP contribution in [0.3, 0.4) is 0 Å². The van der Waals surface area contributed by atoms with Gasteiger partial charge in [0.15, 0.2) is 0 Å². The largest absolute Gasteiger partial charge is 0.467 e. The van der Waals surface area contributed by atoms with Crippen LogP contribution >= 0.6 is 0 Å². The average molecular weight is 363 g/mol. The summed E-state index contributed by atoms with van der Waals surface area (Å²) < 4.78 is 9.70. The minimum absolute atomic E-state index is 0.0617. The Bertz CT molecular complexity index is 659. The van der Waals surface area contributed by atoms with Gasteiger partial charge in [-0.2, -0.15) is 0 Å². The molecular weight excluding hydrogens is 338 g/mol. The molecule has 0 aliphatic carbocycles. The summed E-state index contributed by atoms with van der Waals surface area (Å²) in [5.74, 6) is -1.02. The minimum atomic E-state index is -0.837. The fourth-order valence-electron chi connectivity index (χ4n) is 2.87. The summed E-state index contributed by atoms with van der Waals surface area (Å²) in [7, 11) is 6.54. The highest BCUT2D eigenvalue weighted by molar-refractivity contribution is 5.97. The number of esters is 1. The van der Waals surface area contributed by atoms with E-state index in [4.69, 9.17) is 9.47 Å². The second-order valence-electron chi connectivity index (χ2n) is 6.25. The van der Waals surface area contributed by atoms with E-state index in [0.29, 0.717) is 12.1 Å². The number of ether oxygens (including phenoxy) is 2. The van der Waals surface area contributed by atoms with E-state index in [2.05, 4.69) is 0 Å². The molecule has 1 unspecified atom stereocenters. The topological polar surface area (TPSA) is 79.4 Å². The zero-order chi connectivity index (χ0) is 19.3. The lowest BCUT2D eigenvalue weighted by atomic mass is 10.1. The first kappa shape index (κ1) is 19.7. The van der Waals surface area contributed by atoms with Crippen molar-refractivity contribution in [2.24, 2.45) is 0 Å². The molecule has 2 rings (SSSR count). The van der Waals surface area contributed by atoms with Crippen LogP contribution in [-0.2, 0) is 19.1 Å². The van der Waals surface area contributed by atoms with Crippen LogP contribution in [0.2, 0.25) is 0 Å². The zero-order valence-electron chi connectivity index (χ0n) is 15.6. The predicted molar refractivity (Wildman–Crippen MR) is 96.1 cm³/mol. The van der Waals surface area contributed by atoms with Gasteiger partial charge in [0.2, 0.25) is 5.91 Å². The van der Waals surface area contributed by atoms with Gasteiger partial charge in [0.05, 0.1) is 13.7 Å². The van der Waals surface area contributed by atoms with Crippen molar-refractivity contribution in [3.63, 3.8) is 0 Å². The number of nitrogens with zero attached hydrogens (tertiary/aromatic N) is 3. The fourth-order valence-corrected chi connectivity index (χ4v) is 2.87. The summed E-state index contributed by atoms with van der Waals surface area (Å²) in [5, 5.41) is 0. The molecule has 8 nitrogen and oxygen atoms in total. The van der Waals surface area contributed by atoms with E-state index < -0.39 is 12.0 Å². The van der Waals surface area contributed by atoms with E-state index >= 15 is 0 Å². The van der Waals surface area contributed by atoms with Gasteiger partial charge in [-0.1, -0.05) is 0 Å².